The van der Waals surface area contributed by atoms with Crippen LogP contribution in [0.3, 0.4) is 0 Å². The van der Waals surface area contributed by atoms with Gasteiger partial charge in [-0.05, 0) is 86.5 Å². The second kappa shape index (κ2) is 14.7. The molecule has 0 aliphatic carbocycles. The average molecular weight is 849 g/mol. The highest BCUT2D eigenvalue weighted by molar-refractivity contribution is 7.26. The molecule has 0 unspecified atom stereocenters. The van der Waals surface area contributed by atoms with E-state index >= 15 is 0 Å². The molecular weight excluding hydrogens is 809 g/mol. The number of nitrogens with zero attached hydrogens (tertiary/aromatic N) is 2. The summed E-state index contributed by atoms with van der Waals surface area (Å²) in [5.41, 5.74) is 9.63. The van der Waals surface area contributed by atoms with E-state index in [1.54, 1.807) is 0 Å². The highest BCUT2D eigenvalue weighted by Crippen LogP contribution is 2.42. The lowest BCUT2D eigenvalue weighted by molar-refractivity contribution is 1.18. The van der Waals surface area contributed by atoms with Crippen LogP contribution in [-0.2, 0) is 0 Å². The maximum absolute atomic E-state index is 2.67. The molecule has 0 N–H and O–H groups in total. The first-order chi connectivity index (χ1) is 31.8. The van der Waals surface area contributed by atoms with E-state index in [9.17, 15) is 0 Å². The van der Waals surface area contributed by atoms with E-state index in [1.807, 2.05) is 11.3 Å². The van der Waals surface area contributed by atoms with Crippen molar-refractivity contribution in [1.29, 1.82) is 0 Å². The Morgan fingerprint density at radius 3 is 1.25 bits per heavy atom. The Morgan fingerprint density at radius 1 is 0.297 bits per heavy atom. The molecule has 0 aliphatic heterocycles. The van der Waals surface area contributed by atoms with Gasteiger partial charge in [-0.2, -0.15) is 0 Å². The van der Waals surface area contributed by atoms with Crippen molar-refractivity contribution >= 4 is 104 Å². The van der Waals surface area contributed by atoms with Crippen molar-refractivity contribution in [3.8, 4) is 22.5 Å². The van der Waals surface area contributed by atoms with E-state index in [2.05, 4.69) is 252 Å². The number of hydrogen-bond donors (Lipinski definition) is 0. The van der Waals surface area contributed by atoms with Crippen LogP contribution >= 0.6 is 11.3 Å². The summed E-state index contributed by atoms with van der Waals surface area (Å²) in [6.07, 6.45) is 0. The van der Waals surface area contributed by atoms with Crippen molar-refractivity contribution in [3.05, 3.63) is 243 Å². The first kappa shape index (κ1) is 36.9. The van der Waals surface area contributed by atoms with E-state index in [4.69, 9.17) is 0 Å². The molecule has 300 valence electrons. The minimum absolute atomic E-state index is 1.15. The van der Waals surface area contributed by atoms with Gasteiger partial charge < -0.3 is 9.13 Å². The fourth-order valence-corrected chi connectivity index (χ4v) is 16.7. The Balaban J connectivity index is 0.980. The Kier molecular flexibility index (Phi) is 8.45. The van der Waals surface area contributed by atoms with Gasteiger partial charge in [0.05, 0.1) is 22.1 Å². The third-order valence-corrected chi connectivity index (χ3v) is 19.5. The van der Waals surface area contributed by atoms with Gasteiger partial charge in [0.2, 0.25) is 0 Å². The van der Waals surface area contributed by atoms with Gasteiger partial charge in [0.25, 0.3) is 0 Å². The standard InChI is InChI=1S/C60H40N2SSi/c1-4-17-44(18-5-1)64(45-19-6-2-7-20-45,46-21-8-3-9-22-46)47-37-35-43(36-38-47)62-56-29-14-11-24-50(56)54-39-57-53(40-58(54)62)49-23-10-13-28-55(49)61(57)42-33-31-41(32-34-42)48-26-16-27-52-51-25-12-15-30-59(51)63-60(48)52/h1-40H. The molecule has 0 atom stereocenters. The summed E-state index contributed by atoms with van der Waals surface area (Å²) < 4.78 is 7.59. The third kappa shape index (κ3) is 5.50. The van der Waals surface area contributed by atoms with E-state index in [-0.39, 0.29) is 0 Å². The Hall–Kier alpha value is -7.76. The highest BCUT2D eigenvalue weighted by atomic mass is 32.1. The van der Waals surface area contributed by atoms with Crippen molar-refractivity contribution in [2.45, 2.75) is 0 Å². The average Bonchev–Trinajstić information content (AvgIpc) is 4.02. The van der Waals surface area contributed by atoms with Crippen LogP contribution in [0.25, 0.3) is 86.3 Å². The summed E-state index contributed by atoms with van der Waals surface area (Å²) in [4.78, 5) is 0. The van der Waals surface area contributed by atoms with Gasteiger partial charge in [-0.1, -0.05) is 188 Å². The molecule has 2 nitrogen and oxygen atoms in total. The van der Waals surface area contributed by atoms with E-state index < -0.39 is 8.07 Å². The summed E-state index contributed by atoms with van der Waals surface area (Å²) in [6, 6.07) is 90.3. The fraction of sp³-hybridized carbons (Fsp3) is 0. The van der Waals surface area contributed by atoms with Crippen LogP contribution in [0.15, 0.2) is 243 Å². The third-order valence-electron chi connectivity index (χ3n) is 13.5. The van der Waals surface area contributed by atoms with Crippen LogP contribution in [0.5, 0.6) is 0 Å². The molecule has 64 heavy (non-hydrogen) atoms. The number of aromatic nitrogens is 2. The highest BCUT2D eigenvalue weighted by Gasteiger charge is 2.41. The summed E-state index contributed by atoms with van der Waals surface area (Å²) in [6.45, 7) is 0. The Bertz CT molecular complexity index is 3770. The van der Waals surface area contributed by atoms with Crippen molar-refractivity contribution in [2.24, 2.45) is 0 Å². The number of thiophene rings is 1. The van der Waals surface area contributed by atoms with E-state index in [1.165, 1.54) is 95.7 Å². The number of rotatable bonds is 7. The van der Waals surface area contributed by atoms with Crippen molar-refractivity contribution in [3.63, 3.8) is 0 Å². The summed E-state index contributed by atoms with van der Waals surface area (Å²) in [5, 5.41) is 13.1. The molecule has 0 bridgehead atoms. The van der Waals surface area contributed by atoms with Gasteiger partial charge in [0, 0.05) is 53.1 Å². The molecule has 0 saturated carbocycles. The molecule has 0 saturated heterocycles. The van der Waals surface area contributed by atoms with Crippen LogP contribution in [0.2, 0.25) is 0 Å². The van der Waals surface area contributed by atoms with E-state index in [0.717, 1.165) is 11.4 Å². The molecule has 13 aromatic rings. The summed E-state index contributed by atoms with van der Waals surface area (Å²) in [7, 11) is -2.67. The molecule has 0 aliphatic rings. The van der Waals surface area contributed by atoms with Crippen LogP contribution in [0.4, 0.5) is 0 Å². The minimum atomic E-state index is -2.67. The van der Waals surface area contributed by atoms with Crippen LogP contribution < -0.4 is 20.7 Å². The molecule has 0 amide bonds. The molecule has 0 spiro atoms. The first-order valence-corrected chi connectivity index (χ1v) is 24.8. The second-order valence-corrected chi connectivity index (χ2v) is 21.7. The van der Waals surface area contributed by atoms with Gasteiger partial charge in [-0.25, -0.2) is 0 Å². The Labute approximate surface area is 376 Å². The van der Waals surface area contributed by atoms with Gasteiger partial charge in [0.1, 0.15) is 0 Å². The van der Waals surface area contributed by atoms with Crippen molar-refractivity contribution < 1.29 is 0 Å². The topological polar surface area (TPSA) is 9.86 Å². The molecule has 0 fully saturated rings. The minimum Gasteiger partial charge on any atom is -0.309 e. The zero-order chi connectivity index (χ0) is 42.2. The monoisotopic (exact) mass is 848 g/mol. The second-order valence-electron chi connectivity index (χ2n) is 16.8. The zero-order valence-electron chi connectivity index (χ0n) is 34.9. The predicted molar refractivity (Wildman–Crippen MR) is 277 cm³/mol. The SMILES string of the molecule is c1ccc([Si](c2ccccc2)(c2ccccc2)c2ccc(-n3c4ccccc4c4cc5c(cc43)c3ccccc3n5-c3ccc(-c4cccc5c4sc4ccccc45)cc3)cc2)cc1. The van der Waals surface area contributed by atoms with Crippen LogP contribution in [-0.4, -0.2) is 17.2 Å². The van der Waals surface area contributed by atoms with Crippen molar-refractivity contribution in [2.75, 3.05) is 0 Å². The summed E-state index contributed by atoms with van der Waals surface area (Å²) >= 11 is 1.88. The number of fused-ring (bicyclic) bond motifs is 9. The molecule has 4 heteroatoms. The van der Waals surface area contributed by atoms with Gasteiger partial charge in [0.15, 0.2) is 8.07 Å². The lowest BCUT2D eigenvalue weighted by Gasteiger charge is -2.34. The van der Waals surface area contributed by atoms with Crippen LogP contribution in [0.1, 0.15) is 0 Å². The lowest BCUT2D eigenvalue weighted by atomic mass is 10.0. The maximum Gasteiger partial charge on any atom is 0.179 e. The molecule has 3 aromatic heterocycles. The number of hydrogen-bond acceptors (Lipinski definition) is 1. The van der Waals surface area contributed by atoms with Gasteiger partial charge >= 0.3 is 0 Å². The number of para-hydroxylation sites is 2. The van der Waals surface area contributed by atoms with Crippen LogP contribution in [0, 0.1) is 0 Å². The first-order valence-electron chi connectivity index (χ1n) is 22.0. The molecule has 3 heterocycles. The zero-order valence-corrected chi connectivity index (χ0v) is 36.7. The molecule has 0 radical (unpaired) electrons. The molecular formula is C60H40N2SSi. The largest absolute Gasteiger partial charge is 0.309 e. The van der Waals surface area contributed by atoms with Gasteiger partial charge in [-0.3, -0.25) is 0 Å². The number of benzene rings is 10. The lowest BCUT2D eigenvalue weighted by Crippen LogP contribution is -2.74. The molecule has 13 rings (SSSR count). The fourth-order valence-electron chi connectivity index (χ4n) is 10.7. The van der Waals surface area contributed by atoms with Gasteiger partial charge in [-0.15, -0.1) is 11.3 Å². The normalized spacial score (nSPS) is 12.1. The van der Waals surface area contributed by atoms with E-state index in [0.29, 0.717) is 0 Å². The maximum atomic E-state index is 2.47. The predicted octanol–water partition coefficient (Wildman–Crippen LogP) is 13.3. The quantitative estimate of drug-likeness (QED) is 0.112. The summed E-state index contributed by atoms with van der Waals surface area (Å²) in [5.74, 6) is 0. The smallest absolute Gasteiger partial charge is 0.179 e. The molecule has 10 aromatic carbocycles. The van der Waals surface area contributed by atoms with Crippen molar-refractivity contribution in [1.82, 2.24) is 9.13 Å². The Morgan fingerprint density at radius 2 is 0.719 bits per heavy atom.